The van der Waals surface area contributed by atoms with Gasteiger partial charge in [-0.25, -0.2) is 0 Å². The molecule has 0 aromatic heterocycles. The zero-order chi connectivity index (χ0) is 14.4. The van der Waals surface area contributed by atoms with Crippen molar-refractivity contribution in [3.05, 3.63) is 35.9 Å². The molecule has 4 nitrogen and oxygen atoms in total. The Hall–Kier alpha value is -1.39. The molecule has 4 heteroatoms. The summed E-state index contributed by atoms with van der Waals surface area (Å²) >= 11 is 0. The van der Waals surface area contributed by atoms with Crippen LogP contribution in [0.3, 0.4) is 0 Å². The third-order valence-electron chi connectivity index (χ3n) is 4.00. The minimum Gasteiger partial charge on any atom is -0.355 e. The van der Waals surface area contributed by atoms with Crippen molar-refractivity contribution >= 4 is 5.91 Å². The molecule has 1 amide bonds. The van der Waals surface area contributed by atoms with E-state index in [2.05, 4.69) is 22.3 Å². The summed E-state index contributed by atoms with van der Waals surface area (Å²) in [4.78, 5) is 14.1. The van der Waals surface area contributed by atoms with Crippen LogP contribution in [-0.2, 0) is 11.2 Å². The Morgan fingerprint density at radius 2 is 2.20 bits per heavy atom. The van der Waals surface area contributed by atoms with Crippen molar-refractivity contribution in [3.8, 4) is 0 Å². The second-order valence-electron chi connectivity index (χ2n) is 5.73. The molecule has 2 unspecified atom stereocenters. The molecule has 1 heterocycles. The Kier molecular flexibility index (Phi) is 5.56. The molecule has 1 aliphatic rings. The maximum absolute atomic E-state index is 11.9. The van der Waals surface area contributed by atoms with Crippen LogP contribution in [0.2, 0.25) is 0 Å². The summed E-state index contributed by atoms with van der Waals surface area (Å²) in [6.07, 6.45) is 1.99. The first kappa shape index (κ1) is 15.0. The minimum atomic E-state index is 0.117. The second kappa shape index (κ2) is 7.41. The Morgan fingerprint density at radius 3 is 2.85 bits per heavy atom. The summed E-state index contributed by atoms with van der Waals surface area (Å²) in [5.74, 6) is 0.651. The number of nitrogens with two attached hydrogens (primary N) is 1. The third kappa shape index (κ3) is 4.62. The Balaban J connectivity index is 1.64. The van der Waals surface area contributed by atoms with E-state index in [1.807, 2.05) is 25.1 Å². The number of hydrogen-bond donors (Lipinski definition) is 2. The highest BCUT2D eigenvalue weighted by Gasteiger charge is 2.26. The van der Waals surface area contributed by atoms with Crippen molar-refractivity contribution < 1.29 is 4.79 Å². The van der Waals surface area contributed by atoms with E-state index < -0.39 is 0 Å². The molecule has 1 saturated heterocycles. The maximum Gasteiger partial charge on any atom is 0.234 e. The number of nitrogens with one attached hydrogen (secondary N) is 1. The molecule has 20 heavy (non-hydrogen) atoms. The minimum absolute atomic E-state index is 0.117. The Labute approximate surface area is 121 Å². The van der Waals surface area contributed by atoms with Crippen molar-refractivity contribution in [2.45, 2.75) is 25.8 Å². The highest BCUT2D eigenvalue weighted by atomic mass is 16.2. The van der Waals surface area contributed by atoms with Gasteiger partial charge in [-0.05, 0) is 37.8 Å². The van der Waals surface area contributed by atoms with Crippen molar-refractivity contribution in [2.75, 3.05) is 26.2 Å². The molecule has 0 bridgehead atoms. The quantitative estimate of drug-likeness (QED) is 0.815. The molecule has 2 atom stereocenters. The molecule has 1 fully saturated rings. The molecule has 3 N–H and O–H groups in total. The van der Waals surface area contributed by atoms with Crippen LogP contribution in [0.5, 0.6) is 0 Å². The normalized spacial score (nSPS) is 20.8. The first-order valence-corrected chi connectivity index (χ1v) is 7.43. The van der Waals surface area contributed by atoms with Crippen LogP contribution >= 0.6 is 0 Å². The molecule has 2 rings (SSSR count). The Bertz CT molecular complexity index is 419. The first-order valence-electron chi connectivity index (χ1n) is 7.43. The molecule has 110 valence electrons. The van der Waals surface area contributed by atoms with Crippen LogP contribution in [0.1, 0.15) is 18.9 Å². The number of carbonyl (C=O) groups excluding carboxylic acids is 1. The molecule has 1 aromatic carbocycles. The predicted molar refractivity (Wildman–Crippen MR) is 81.4 cm³/mol. The summed E-state index contributed by atoms with van der Waals surface area (Å²) in [5.41, 5.74) is 7.16. The van der Waals surface area contributed by atoms with E-state index in [0.717, 1.165) is 25.9 Å². The van der Waals surface area contributed by atoms with Gasteiger partial charge < -0.3 is 11.1 Å². The fourth-order valence-electron chi connectivity index (χ4n) is 2.69. The van der Waals surface area contributed by atoms with E-state index >= 15 is 0 Å². The summed E-state index contributed by atoms with van der Waals surface area (Å²) in [5, 5.41) is 2.99. The van der Waals surface area contributed by atoms with E-state index in [9.17, 15) is 4.79 Å². The van der Waals surface area contributed by atoms with E-state index in [4.69, 9.17) is 5.73 Å². The monoisotopic (exact) mass is 275 g/mol. The zero-order valence-electron chi connectivity index (χ0n) is 12.2. The zero-order valence-corrected chi connectivity index (χ0v) is 12.2. The van der Waals surface area contributed by atoms with E-state index in [1.165, 1.54) is 5.56 Å². The SMILES string of the molecule is CC(N)C1CCN(CC(=O)NCCc2ccccc2)C1. The number of likely N-dealkylation sites (tertiary alicyclic amines) is 1. The molecule has 0 saturated carbocycles. The number of amides is 1. The van der Waals surface area contributed by atoms with Crippen LogP contribution in [0.25, 0.3) is 0 Å². The van der Waals surface area contributed by atoms with Gasteiger partial charge in [0.1, 0.15) is 0 Å². The number of rotatable bonds is 6. The van der Waals surface area contributed by atoms with Gasteiger partial charge in [-0.1, -0.05) is 30.3 Å². The summed E-state index contributed by atoms with van der Waals surface area (Å²) in [6, 6.07) is 10.4. The molecule has 0 radical (unpaired) electrons. The lowest BCUT2D eigenvalue weighted by atomic mass is 10.0. The van der Waals surface area contributed by atoms with E-state index in [0.29, 0.717) is 19.0 Å². The highest BCUT2D eigenvalue weighted by molar-refractivity contribution is 5.78. The number of hydrogen-bond acceptors (Lipinski definition) is 3. The molecule has 0 spiro atoms. The second-order valence-corrected chi connectivity index (χ2v) is 5.73. The lowest BCUT2D eigenvalue weighted by Gasteiger charge is -2.17. The average Bonchev–Trinajstić information content (AvgIpc) is 2.88. The molecule has 1 aliphatic heterocycles. The number of carbonyl (C=O) groups is 1. The summed E-state index contributed by atoms with van der Waals surface area (Å²) in [7, 11) is 0. The average molecular weight is 275 g/mol. The topological polar surface area (TPSA) is 58.4 Å². The largest absolute Gasteiger partial charge is 0.355 e. The van der Waals surface area contributed by atoms with Gasteiger partial charge in [0, 0.05) is 19.1 Å². The summed E-state index contributed by atoms with van der Waals surface area (Å²) < 4.78 is 0. The van der Waals surface area contributed by atoms with Crippen molar-refractivity contribution in [1.29, 1.82) is 0 Å². The molecule has 0 aliphatic carbocycles. The lowest BCUT2D eigenvalue weighted by molar-refractivity contribution is -0.122. The predicted octanol–water partition coefficient (Wildman–Crippen LogP) is 1.01. The fourth-order valence-corrected chi connectivity index (χ4v) is 2.69. The third-order valence-corrected chi connectivity index (χ3v) is 4.00. The van der Waals surface area contributed by atoms with Gasteiger partial charge in [-0.3, -0.25) is 9.69 Å². The van der Waals surface area contributed by atoms with Crippen LogP contribution in [0.4, 0.5) is 0 Å². The van der Waals surface area contributed by atoms with Gasteiger partial charge in [-0.2, -0.15) is 0 Å². The van der Waals surface area contributed by atoms with E-state index in [-0.39, 0.29) is 11.9 Å². The van der Waals surface area contributed by atoms with Crippen molar-refractivity contribution in [1.82, 2.24) is 10.2 Å². The fraction of sp³-hybridized carbons (Fsp3) is 0.562. The van der Waals surface area contributed by atoms with Gasteiger partial charge in [0.2, 0.25) is 5.91 Å². The smallest absolute Gasteiger partial charge is 0.234 e. The summed E-state index contributed by atoms with van der Waals surface area (Å²) in [6.45, 7) is 5.18. The van der Waals surface area contributed by atoms with Crippen LogP contribution < -0.4 is 11.1 Å². The van der Waals surface area contributed by atoms with Gasteiger partial charge in [0.15, 0.2) is 0 Å². The number of nitrogens with zero attached hydrogens (tertiary/aromatic N) is 1. The van der Waals surface area contributed by atoms with Crippen LogP contribution in [0, 0.1) is 5.92 Å². The van der Waals surface area contributed by atoms with Crippen LogP contribution in [0.15, 0.2) is 30.3 Å². The van der Waals surface area contributed by atoms with Gasteiger partial charge in [0.05, 0.1) is 6.54 Å². The van der Waals surface area contributed by atoms with Gasteiger partial charge in [0.25, 0.3) is 0 Å². The maximum atomic E-state index is 11.9. The molecular weight excluding hydrogens is 250 g/mol. The Morgan fingerprint density at radius 1 is 1.45 bits per heavy atom. The number of benzene rings is 1. The van der Waals surface area contributed by atoms with Crippen molar-refractivity contribution in [2.24, 2.45) is 11.7 Å². The lowest BCUT2D eigenvalue weighted by Crippen LogP contribution is -2.38. The molecule has 1 aromatic rings. The van der Waals surface area contributed by atoms with Crippen LogP contribution in [-0.4, -0.2) is 43.0 Å². The highest BCUT2D eigenvalue weighted by Crippen LogP contribution is 2.17. The first-order chi connectivity index (χ1) is 9.65. The molecular formula is C16H25N3O. The van der Waals surface area contributed by atoms with Crippen molar-refractivity contribution in [3.63, 3.8) is 0 Å². The standard InChI is InChI=1S/C16H25N3O/c1-13(17)15-8-10-19(11-15)12-16(20)18-9-7-14-5-3-2-4-6-14/h2-6,13,15H,7-12,17H2,1H3,(H,18,20). The van der Waals surface area contributed by atoms with Gasteiger partial charge in [-0.15, -0.1) is 0 Å². The van der Waals surface area contributed by atoms with Gasteiger partial charge >= 0.3 is 0 Å². The van der Waals surface area contributed by atoms with E-state index in [1.54, 1.807) is 0 Å².